The fourth-order valence-electron chi connectivity index (χ4n) is 1.31. The smallest absolute Gasteiger partial charge is 0.0519 e. The Morgan fingerprint density at radius 2 is 1.71 bits per heavy atom. The molecule has 1 rings (SSSR count). The molecule has 0 aliphatic carbocycles. The first kappa shape index (κ1) is 11.7. The van der Waals surface area contributed by atoms with E-state index in [0.29, 0.717) is 0 Å². The molecule has 1 aromatic carbocycles. The van der Waals surface area contributed by atoms with Crippen LogP contribution in [0, 0.1) is 0 Å². The molecule has 0 unspecified atom stereocenters. The summed E-state index contributed by atoms with van der Waals surface area (Å²) in [7, 11) is 0. The van der Waals surface area contributed by atoms with Crippen molar-refractivity contribution in [2.75, 3.05) is 5.45 Å². The molecular weight excluding hydrogens is 238 g/mol. The molecule has 1 aromatic rings. The number of alkyl halides is 1. The fraction of sp³-hybridized carbons (Fsp3) is 0.500. The molecule has 1 nitrogen and oxygen atoms in total. The molecule has 0 saturated heterocycles. The molecule has 0 aromatic heterocycles. The van der Waals surface area contributed by atoms with Crippen LogP contribution in [-0.2, 0) is 12.0 Å². The maximum atomic E-state index is 3.34. The summed E-state index contributed by atoms with van der Waals surface area (Å²) in [6.07, 6.45) is 0. The van der Waals surface area contributed by atoms with Gasteiger partial charge in [-0.2, -0.15) is 0 Å². The molecule has 0 spiro atoms. The Morgan fingerprint density at radius 1 is 1.14 bits per heavy atom. The standard InChI is InChI=1S/C12H18BrN/c1-12(2,3)11-6-4-10(5-7-11)8-14-9-13/h4-7,14H,8-9H2,1-3H3. The summed E-state index contributed by atoms with van der Waals surface area (Å²) < 4.78 is 0. The second-order valence-electron chi connectivity index (χ2n) is 4.51. The highest BCUT2D eigenvalue weighted by Crippen LogP contribution is 2.21. The number of nitrogens with one attached hydrogen (secondary N) is 1. The van der Waals surface area contributed by atoms with E-state index in [2.05, 4.69) is 66.3 Å². The molecule has 0 aliphatic rings. The van der Waals surface area contributed by atoms with Gasteiger partial charge < -0.3 is 5.32 Å². The van der Waals surface area contributed by atoms with Gasteiger partial charge in [0, 0.05) is 6.54 Å². The maximum absolute atomic E-state index is 3.34. The fourth-order valence-corrected chi connectivity index (χ4v) is 1.51. The summed E-state index contributed by atoms with van der Waals surface area (Å²) >= 11 is 3.34. The van der Waals surface area contributed by atoms with E-state index >= 15 is 0 Å². The van der Waals surface area contributed by atoms with Crippen LogP contribution in [0.5, 0.6) is 0 Å². The third kappa shape index (κ3) is 3.43. The minimum atomic E-state index is 0.251. The van der Waals surface area contributed by atoms with Gasteiger partial charge in [-0.1, -0.05) is 61.0 Å². The molecule has 0 bridgehead atoms. The topological polar surface area (TPSA) is 12.0 Å². The molecule has 78 valence electrons. The summed E-state index contributed by atoms with van der Waals surface area (Å²) in [4.78, 5) is 0. The van der Waals surface area contributed by atoms with Gasteiger partial charge >= 0.3 is 0 Å². The summed E-state index contributed by atoms with van der Waals surface area (Å²) in [5.74, 6) is 0. The van der Waals surface area contributed by atoms with Gasteiger partial charge in [0.05, 0.1) is 5.45 Å². The van der Waals surface area contributed by atoms with E-state index in [4.69, 9.17) is 0 Å². The number of hydrogen-bond donors (Lipinski definition) is 1. The molecule has 0 atom stereocenters. The molecular formula is C12H18BrN. The highest BCUT2D eigenvalue weighted by Gasteiger charge is 2.12. The average Bonchev–Trinajstić information content (AvgIpc) is 2.14. The first-order chi connectivity index (χ1) is 6.54. The third-order valence-electron chi connectivity index (χ3n) is 2.24. The first-order valence-corrected chi connectivity index (χ1v) is 6.02. The summed E-state index contributed by atoms with van der Waals surface area (Å²) in [6, 6.07) is 8.81. The van der Waals surface area contributed by atoms with Crippen molar-refractivity contribution in [2.45, 2.75) is 32.7 Å². The van der Waals surface area contributed by atoms with Crippen molar-refractivity contribution in [3.8, 4) is 0 Å². The van der Waals surface area contributed by atoms with E-state index in [9.17, 15) is 0 Å². The van der Waals surface area contributed by atoms with E-state index in [-0.39, 0.29) is 5.41 Å². The Morgan fingerprint density at radius 3 is 2.14 bits per heavy atom. The zero-order valence-electron chi connectivity index (χ0n) is 9.10. The van der Waals surface area contributed by atoms with Crippen LogP contribution in [0.3, 0.4) is 0 Å². The molecule has 0 saturated carbocycles. The predicted molar refractivity (Wildman–Crippen MR) is 65.8 cm³/mol. The Labute approximate surface area is 95.0 Å². The lowest BCUT2D eigenvalue weighted by atomic mass is 9.87. The van der Waals surface area contributed by atoms with Crippen LogP contribution in [0.15, 0.2) is 24.3 Å². The van der Waals surface area contributed by atoms with Gasteiger partial charge in [-0.25, -0.2) is 0 Å². The van der Waals surface area contributed by atoms with Gasteiger partial charge in [0.15, 0.2) is 0 Å². The van der Waals surface area contributed by atoms with Gasteiger partial charge in [-0.3, -0.25) is 0 Å². The monoisotopic (exact) mass is 255 g/mol. The van der Waals surface area contributed by atoms with Crippen LogP contribution < -0.4 is 5.32 Å². The predicted octanol–water partition coefficient (Wildman–Crippen LogP) is 3.43. The van der Waals surface area contributed by atoms with Gasteiger partial charge in [-0.05, 0) is 16.5 Å². The number of rotatable bonds is 3. The van der Waals surface area contributed by atoms with E-state index in [0.717, 1.165) is 12.0 Å². The number of hydrogen-bond acceptors (Lipinski definition) is 1. The normalized spacial score (nSPS) is 11.7. The van der Waals surface area contributed by atoms with Gasteiger partial charge in [0.1, 0.15) is 0 Å². The van der Waals surface area contributed by atoms with Crippen LogP contribution in [0.2, 0.25) is 0 Å². The molecule has 0 radical (unpaired) electrons. The van der Waals surface area contributed by atoms with Crippen molar-refractivity contribution in [1.29, 1.82) is 0 Å². The van der Waals surface area contributed by atoms with Crippen LogP contribution in [0.1, 0.15) is 31.9 Å². The van der Waals surface area contributed by atoms with Gasteiger partial charge in [0.25, 0.3) is 0 Å². The Hall–Kier alpha value is -0.340. The quantitative estimate of drug-likeness (QED) is 0.645. The van der Waals surface area contributed by atoms with Crippen molar-refractivity contribution in [3.63, 3.8) is 0 Å². The third-order valence-corrected chi connectivity index (χ3v) is 2.64. The Kier molecular flexibility index (Phi) is 4.14. The van der Waals surface area contributed by atoms with E-state index in [1.165, 1.54) is 11.1 Å². The SMILES string of the molecule is CC(C)(C)c1ccc(CNCBr)cc1. The molecule has 0 heterocycles. The molecule has 0 aliphatic heterocycles. The average molecular weight is 256 g/mol. The zero-order valence-corrected chi connectivity index (χ0v) is 10.7. The van der Waals surface area contributed by atoms with E-state index < -0.39 is 0 Å². The first-order valence-electron chi connectivity index (χ1n) is 4.90. The molecule has 0 fully saturated rings. The zero-order chi connectivity index (χ0) is 10.6. The Bertz CT molecular complexity index is 271. The number of benzene rings is 1. The van der Waals surface area contributed by atoms with Crippen molar-refractivity contribution in [2.24, 2.45) is 0 Å². The summed E-state index contributed by atoms with van der Waals surface area (Å²) in [6.45, 7) is 7.63. The minimum Gasteiger partial charge on any atom is -0.303 e. The summed E-state index contributed by atoms with van der Waals surface area (Å²) in [5, 5.41) is 3.24. The van der Waals surface area contributed by atoms with Crippen molar-refractivity contribution >= 4 is 15.9 Å². The van der Waals surface area contributed by atoms with Crippen LogP contribution in [0.4, 0.5) is 0 Å². The van der Waals surface area contributed by atoms with E-state index in [1.54, 1.807) is 0 Å². The minimum absolute atomic E-state index is 0.251. The number of halogens is 1. The van der Waals surface area contributed by atoms with Crippen molar-refractivity contribution in [3.05, 3.63) is 35.4 Å². The highest BCUT2D eigenvalue weighted by molar-refractivity contribution is 9.09. The summed E-state index contributed by atoms with van der Waals surface area (Å²) in [5.41, 5.74) is 3.81. The second-order valence-corrected chi connectivity index (χ2v) is 5.07. The van der Waals surface area contributed by atoms with Crippen LogP contribution in [-0.4, -0.2) is 5.45 Å². The lowest BCUT2D eigenvalue weighted by Crippen LogP contribution is -2.12. The van der Waals surface area contributed by atoms with Crippen molar-refractivity contribution < 1.29 is 0 Å². The maximum Gasteiger partial charge on any atom is 0.0519 e. The molecule has 0 amide bonds. The van der Waals surface area contributed by atoms with Crippen LogP contribution in [0.25, 0.3) is 0 Å². The Balaban J connectivity index is 2.69. The van der Waals surface area contributed by atoms with E-state index in [1.807, 2.05) is 0 Å². The van der Waals surface area contributed by atoms with Gasteiger partial charge in [-0.15, -0.1) is 0 Å². The highest BCUT2D eigenvalue weighted by atomic mass is 79.9. The molecule has 1 N–H and O–H groups in total. The largest absolute Gasteiger partial charge is 0.303 e. The molecule has 2 heteroatoms. The molecule has 14 heavy (non-hydrogen) atoms. The van der Waals surface area contributed by atoms with Gasteiger partial charge in [0.2, 0.25) is 0 Å². The van der Waals surface area contributed by atoms with Crippen LogP contribution >= 0.6 is 15.9 Å². The lowest BCUT2D eigenvalue weighted by molar-refractivity contribution is 0.590. The van der Waals surface area contributed by atoms with Crippen molar-refractivity contribution in [1.82, 2.24) is 5.32 Å². The second kappa shape index (κ2) is 4.94. The lowest BCUT2D eigenvalue weighted by Gasteiger charge is -2.19.